The van der Waals surface area contributed by atoms with E-state index in [9.17, 15) is 19.1 Å². The summed E-state index contributed by atoms with van der Waals surface area (Å²) in [6, 6.07) is 9.82. The summed E-state index contributed by atoms with van der Waals surface area (Å²) < 4.78 is 13.6. The summed E-state index contributed by atoms with van der Waals surface area (Å²) >= 11 is 0. The average molecular weight is 289 g/mol. The van der Waals surface area contributed by atoms with Crippen LogP contribution in [-0.4, -0.2) is 22.1 Å². The van der Waals surface area contributed by atoms with Crippen molar-refractivity contribution in [3.05, 3.63) is 65.5 Å². The highest BCUT2D eigenvalue weighted by Gasteiger charge is 2.23. The van der Waals surface area contributed by atoms with Crippen molar-refractivity contribution in [1.82, 2.24) is 5.32 Å². The third-order valence-corrected chi connectivity index (χ3v) is 2.85. The van der Waals surface area contributed by atoms with Crippen molar-refractivity contribution in [3.63, 3.8) is 0 Å². The number of phenolic OH excluding ortho intramolecular Hbond substituents is 1. The topological polar surface area (TPSA) is 86.6 Å². The minimum Gasteiger partial charge on any atom is -0.508 e. The summed E-state index contributed by atoms with van der Waals surface area (Å²) in [4.78, 5) is 23.2. The Morgan fingerprint density at radius 1 is 1.10 bits per heavy atom. The highest BCUT2D eigenvalue weighted by atomic mass is 19.1. The van der Waals surface area contributed by atoms with Crippen molar-refractivity contribution in [3.8, 4) is 5.75 Å². The number of benzene rings is 2. The van der Waals surface area contributed by atoms with Crippen LogP contribution in [0.1, 0.15) is 22.0 Å². The Kier molecular flexibility index (Phi) is 4.18. The molecule has 2 aromatic carbocycles. The summed E-state index contributed by atoms with van der Waals surface area (Å²) in [6.07, 6.45) is 0. The number of halogens is 1. The van der Waals surface area contributed by atoms with Crippen LogP contribution in [0.3, 0.4) is 0 Å². The summed E-state index contributed by atoms with van der Waals surface area (Å²) in [5, 5.41) is 20.5. The molecule has 0 aliphatic carbocycles. The molecule has 2 rings (SSSR count). The van der Waals surface area contributed by atoms with Gasteiger partial charge in [0.15, 0.2) is 6.04 Å². The molecule has 0 heterocycles. The number of phenols is 1. The molecule has 108 valence electrons. The number of aromatic hydroxyl groups is 1. The van der Waals surface area contributed by atoms with E-state index in [4.69, 9.17) is 5.11 Å². The van der Waals surface area contributed by atoms with Crippen molar-refractivity contribution < 1.29 is 24.2 Å². The summed E-state index contributed by atoms with van der Waals surface area (Å²) in [6.45, 7) is 0. The van der Waals surface area contributed by atoms with Crippen LogP contribution < -0.4 is 5.32 Å². The molecule has 5 nitrogen and oxygen atoms in total. The molecule has 2 aromatic rings. The Morgan fingerprint density at radius 3 is 2.33 bits per heavy atom. The van der Waals surface area contributed by atoms with Gasteiger partial charge in [0, 0.05) is 6.07 Å². The van der Waals surface area contributed by atoms with Gasteiger partial charge >= 0.3 is 5.97 Å². The van der Waals surface area contributed by atoms with Gasteiger partial charge in [0.25, 0.3) is 5.91 Å². The van der Waals surface area contributed by atoms with Crippen LogP contribution in [-0.2, 0) is 4.79 Å². The maximum absolute atomic E-state index is 13.6. The zero-order chi connectivity index (χ0) is 15.4. The molecule has 0 radical (unpaired) electrons. The molecule has 1 atom stereocenters. The lowest BCUT2D eigenvalue weighted by molar-refractivity contribution is -0.139. The van der Waals surface area contributed by atoms with Crippen LogP contribution in [0.4, 0.5) is 4.39 Å². The van der Waals surface area contributed by atoms with Crippen LogP contribution in [0, 0.1) is 5.82 Å². The van der Waals surface area contributed by atoms with Crippen LogP contribution in [0.15, 0.2) is 48.5 Å². The fourth-order valence-electron chi connectivity index (χ4n) is 1.83. The predicted molar refractivity (Wildman–Crippen MR) is 72.3 cm³/mol. The van der Waals surface area contributed by atoms with E-state index in [2.05, 4.69) is 5.32 Å². The normalized spacial score (nSPS) is 11.7. The van der Waals surface area contributed by atoms with Gasteiger partial charge in [-0.05, 0) is 17.7 Å². The Balaban J connectivity index is 2.25. The molecule has 0 spiro atoms. The van der Waals surface area contributed by atoms with Crippen LogP contribution in [0.5, 0.6) is 5.75 Å². The lowest BCUT2D eigenvalue weighted by Gasteiger charge is -2.15. The molecule has 0 aromatic heterocycles. The largest absolute Gasteiger partial charge is 0.508 e. The van der Waals surface area contributed by atoms with Crippen molar-refractivity contribution in [2.24, 2.45) is 0 Å². The first kappa shape index (κ1) is 14.5. The molecular formula is C15H12FNO4. The second-order valence-corrected chi connectivity index (χ2v) is 4.32. The van der Waals surface area contributed by atoms with Gasteiger partial charge in [0.2, 0.25) is 0 Å². The lowest BCUT2D eigenvalue weighted by Crippen LogP contribution is -2.34. The van der Waals surface area contributed by atoms with E-state index in [0.717, 1.165) is 18.2 Å². The van der Waals surface area contributed by atoms with E-state index in [0.29, 0.717) is 5.56 Å². The molecule has 1 amide bonds. The first-order valence-corrected chi connectivity index (χ1v) is 6.06. The van der Waals surface area contributed by atoms with Crippen LogP contribution in [0.25, 0.3) is 0 Å². The van der Waals surface area contributed by atoms with Crippen LogP contribution in [0.2, 0.25) is 0 Å². The van der Waals surface area contributed by atoms with Gasteiger partial charge in [-0.3, -0.25) is 4.79 Å². The van der Waals surface area contributed by atoms with Gasteiger partial charge in [-0.25, -0.2) is 9.18 Å². The highest BCUT2D eigenvalue weighted by Crippen LogP contribution is 2.17. The van der Waals surface area contributed by atoms with E-state index in [-0.39, 0.29) is 11.3 Å². The molecule has 0 saturated heterocycles. The zero-order valence-corrected chi connectivity index (χ0v) is 10.8. The van der Waals surface area contributed by atoms with E-state index in [1.807, 2.05) is 0 Å². The minimum absolute atomic E-state index is 0.318. The number of nitrogens with one attached hydrogen (secondary N) is 1. The Morgan fingerprint density at radius 2 is 1.76 bits per heavy atom. The zero-order valence-electron chi connectivity index (χ0n) is 10.8. The smallest absolute Gasteiger partial charge is 0.330 e. The molecule has 0 saturated carbocycles. The van der Waals surface area contributed by atoms with Gasteiger partial charge in [0.05, 0.1) is 5.56 Å². The second kappa shape index (κ2) is 6.04. The van der Waals surface area contributed by atoms with Crippen molar-refractivity contribution >= 4 is 11.9 Å². The molecule has 0 aliphatic rings. The SMILES string of the molecule is O=C(NC(C(=O)O)c1ccccc1)c1ccc(O)cc1F. The molecule has 3 N–H and O–H groups in total. The first-order chi connectivity index (χ1) is 9.99. The number of aliphatic carboxylic acids is 1. The van der Waals surface area contributed by atoms with Gasteiger partial charge in [-0.2, -0.15) is 0 Å². The fourth-order valence-corrected chi connectivity index (χ4v) is 1.83. The molecule has 0 aliphatic heterocycles. The van der Waals surface area contributed by atoms with E-state index in [1.54, 1.807) is 30.3 Å². The first-order valence-electron chi connectivity index (χ1n) is 6.06. The fraction of sp³-hybridized carbons (Fsp3) is 0.0667. The number of carboxylic acid groups (broad SMARTS) is 1. The van der Waals surface area contributed by atoms with Gasteiger partial charge in [-0.15, -0.1) is 0 Å². The quantitative estimate of drug-likeness (QED) is 0.804. The van der Waals surface area contributed by atoms with Gasteiger partial charge in [0.1, 0.15) is 11.6 Å². The van der Waals surface area contributed by atoms with E-state index >= 15 is 0 Å². The highest BCUT2D eigenvalue weighted by molar-refractivity contribution is 5.97. The number of hydrogen-bond donors (Lipinski definition) is 3. The molecule has 6 heteroatoms. The molecule has 1 unspecified atom stereocenters. The molecular weight excluding hydrogens is 277 g/mol. The summed E-state index contributed by atoms with van der Waals surface area (Å²) in [7, 11) is 0. The summed E-state index contributed by atoms with van der Waals surface area (Å²) in [5.41, 5.74) is 0.0347. The van der Waals surface area contributed by atoms with Gasteiger partial charge in [-0.1, -0.05) is 30.3 Å². The minimum atomic E-state index is -1.29. The van der Waals surface area contributed by atoms with Crippen LogP contribution >= 0.6 is 0 Å². The number of carbonyl (C=O) groups is 2. The third-order valence-electron chi connectivity index (χ3n) is 2.85. The van der Waals surface area contributed by atoms with Gasteiger partial charge < -0.3 is 15.5 Å². The number of carbonyl (C=O) groups excluding carboxylic acids is 1. The monoisotopic (exact) mass is 289 g/mol. The number of carboxylic acids is 1. The summed E-state index contributed by atoms with van der Waals surface area (Å²) in [5.74, 6) is -3.37. The number of amides is 1. The third kappa shape index (κ3) is 3.36. The number of rotatable bonds is 4. The Labute approximate surface area is 119 Å². The van der Waals surface area contributed by atoms with E-state index in [1.165, 1.54) is 0 Å². The Bertz CT molecular complexity index is 673. The standard InChI is InChI=1S/C15H12FNO4/c16-12-8-10(18)6-7-11(12)14(19)17-13(15(20)21)9-4-2-1-3-5-9/h1-8,13,18H,(H,17,19)(H,20,21). The van der Waals surface area contributed by atoms with Crippen molar-refractivity contribution in [2.45, 2.75) is 6.04 Å². The van der Waals surface area contributed by atoms with E-state index < -0.39 is 23.7 Å². The average Bonchev–Trinajstić information content (AvgIpc) is 2.45. The Hall–Kier alpha value is -2.89. The van der Waals surface area contributed by atoms with Crippen molar-refractivity contribution in [1.29, 1.82) is 0 Å². The molecule has 0 fully saturated rings. The maximum atomic E-state index is 13.6. The second-order valence-electron chi connectivity index (χ2n) is 4.32. The lowest BCUT2D eigenvalue weighted by atomic mass is 10.1. The predicted octanol–water partition coefficient (Wildman–Crippen LogP) is 2.09. The van der Waals surface area contributed by atoms with Crippen molar-refractivity contribution in [2.75, 3.05) is 0 Å². The number of hydrogen-bond acceptors (Lipinski definition) is 3. The molecule has 0 bridgehead atoms. The maximum Gasteiger partial charge on any atom is 0.330 e. The molecule has 21 heavy (non-hydrogen) atoms.